The van der Waals surface area contributed by atoms with Gasteiger partial charge in [-0.15, -0.1) is 12.4 Å². The molecule has 0 radical (unpaired) electrons. The molecule has 1 N–H and O–H groups in total. The number of carbonyl (C=O) groups excluding carboxylic acids is 2. The first-order valence-corrected chi connectivity index (χ1v) is 8.82. The number of hydrogen-bond acceptors (Lipinski definition) is 3. The number of nitrogens with one attached hydrogen (secondary N) is 1. The lowest BCUT2D eigenvalue weighted by Gasteiger charge is -2.32. The number of benzene rings is 1. The van der Waals surface area contributed by atoms with Crippen molar-refractivity contribution in [2.45, 2.75) is 38.1 Å². The number of piperidine rings is 1. The van der Waals surface area contributed by atoms with Gasteiger partial charge in [0, 0.05) is 42.1 Å². The SMILES string of the molecule is Cl.O=C(c1ccc(Cl)cc1)C1CCN(C(=O)CC2CCCN2)CC1. The van der Waals surface area contributed by atoms with Crippen LogP contribution in [0.15, 0.2) is 24.3 Å². The molecule has 2 saturated heterocycles. The maximum Gasteiger partial charge on any atom is 0.224 e. The van der Waals surface area contributed by atoms with Gasteiger partial charge in [-0.05, 0) is 56.5 Å². The molecule has 2 fully saturated rings. The zero-order chi connectivity index (χ0) is 16.2. The van der Waals surface area contributed by atoms with Gasteiger partial charge in [0.1, 0.15) is 0 Å². The smallest absolute Gasteiger partial charge is 0.224 e. The fourth-order valence-electron chi connectivity index (χ4n) is 3.51. The lowest BCUT2D eigenvalue weighted by molar-refractivity contribution is -0.132. The number of rotatable bonds is 4. The summed E-state index contributed by atoms with van der Waals surface area (Å²) in [4.78, 5) is 26.8. The summed E-state index contributed by atoms with van der Waals surface area (Å²) >= 11 is 5.87. The fourth-order valence-corrected chi connectivity index (χ4v) is 3.64. The third-order valence-corrected chi connectivity index (χ3v) is 5.18. The predicted octanol–water partition coefficient (Wildman–Crippen LogP) is 3.33. The van der Waals surface area contributed by atoms with Crippen LogP contribution in [-0.2, 0) is 4.79 Å². The minimum atomic E-state index is 0. The van der Waals surface area contributed by atoms with Gasteiger partial charge < -0.3 is 10.2 Å². The first kappa shape index (κ1) is 19.2. The first-order valence-electron chi connectivity index (χ1n) is 8.44. The summed E-state index contributed by atoms with van der Waals surface area (Å²) in [7, 11) is 0. The highest BCUT2D eigenvalue weighted by molar-refractivity contribution is 6.30. The fraction of sp³-hybridized carbons (Fsp3) is 0.556. The lowest BCUT2D eigenvalue weighted by Crippen LogP contribution is -2.42. The van der Waals surface area contributed by atoms with E-state index in [2.05, 4.69) is 5.32 Å². The van der Waals surface area contributed by atoms with Gasteiger partial charge in [-0.3, -0.25) is 9.59 Å². The van der Waals surface area contributed by atoms with Crippen molar-refractivity contribution in [3.05, 3.63) is 34.9 Å². The van der Waals surface area contributed by atoms with Gasteiger partial charge in [-0.1, -0.05) is 11.6 Å². The topological polar surface area (TPSA) is 49.4 Å². The highest BCUT2D eigenvalue weighted by atomic mass is 35.5. The van der Waals surface area contributed by atoms with E-state index in [1.807, 2.05) is 4.90 Å². The van der Waals surface area contributed by atoms with Crippen molar-refractivity contribution in [2.24, 2.45) is 5.92 Å². The van der Waals surface area contributed by atoms with Crippen LogP contribution in [0.5, 0.6) is 0 Å². The van der Waals surface area contributed by atoms with E-state index >= 15 is 0 Å². The number of carbonyl (C=O) groups is 2. The van der Waals surface area contributed by atoms with Crippen LogP contribution in [0.4, 0.5) is 0 Å². The third kappa shape index (κ3) is 4.71. The Bertz CT molecular complexity index is 563. The number of amides is 1. The summed E-state index contributed by atoms with van der Waals surface area (Å²) in [5.41, 5.74) is 0.717. The summed E-state index contributed by atoms with van der Waals surface area (Å²) in [6, 6.07) is 7.42. The second-order valence-corrected chi connectivity index (χ2v) is 6.96. The molecule has 4 nitrogen and oxygen atoms in total. The van der Waals surface area contributed by atoms with E-state index < -0.39 is 0 Å². The minimum Gasteiger partial charge on any atom is -0.343 e. The zero-order valence-electron chi connectivity index (χ0n) is 13.7. The van der Waals surface area contributed by atoms with Gasteiger partial charge in [0.2, 0.25) is 5.91 Å². The van der Waals surface area contributed by atoms with Crippen molar-refractivity contribution in [3.63, 3.8) is 0 Å². The Morgan fingerprint density at radius 2 is 1.79 bits per heavy atom. The molecule has 2 heterocycles. The molecule has 2 aliphatic rings. The van der Waals surface area contributed by atoms with Crippen LogP contribution in [0.2, 0.25) is 5.02 Å². The van der Waals surface area contributed by atoms with Crippen molar-refractivity contribution in [2.75, 3.05) is 19.6 Å². The highest BCUT2D eigenvalue weighted by Crippen LogP contribution is 2.23. The largest absolute Gasteiger partial charge is 0.343 e. The van der Waals surface area contributed by atoms with Crippen LogP contribution in [0.3, 0.4) is 0 Å². The van der Waals surface area contributed by atoms with Crippen molar-refractivity contribution in [3.8, 4) is 0 Å². The summed E-state index contributed by atoms with van der Waals surface area (Å²) in [6.45, 7) is 2.40. The minimum absolute atomic E-state index is 0. The molecule has 132 valence electrons. The molecule has 2 aliphatic heterocycles. The van der Waals surface area contributed by atoms with E-state index in [9.17, 15) is 9.59 Å². The molecule has 0 saturated carbocycles. The Hall–Kier alpha value is -1.10. The van der Waals surface area contributed by atoms with Crippen molar-refractivity contribution in [1.29, 1.82) is 0 Å². The number of likely N-dealkylation sites (tertiary alicyclic amines) is 1. The van der Waals surface area contributed by atoms with Crippen LogP contribution >= 0.6 is 24.0 Å². The second-order valence-electron chi connectivity index (χ2n) is 6.52. The average molecular weight is 371 g/mol. The van der Waals surface area contributed by atoms with Gasteiger partial charge in [0.15, 0.2) is 5.78 Å². The first-order chi connectivity index (χ1) is 11.1. The van der Waals surface area contributed by atoms with Crippen molar-refractivity contribution in [1.82, 2.24) is 10.2 Å². The number of nitrogens with zero attached hydrogens (tertiary/aromatic N) is 1. The van der Waals surface area contributed by atoms with Gasteiger partial charge in [-0.2, -0.15) is 0 Å². The van der Waals surface area contributed by atoms with Gasteiger partial charge in [0.05, 0.1) is 0 Å². The van der Waals surface area contributed by atoms with E-state index in [0.717, 1.165) is 32.2 Å². The van der Waals surface area contributed by atoms with E-state index in [1.165, 1.54) is 0 Å². The number of halogens is 2. The average Bonchev–Trinajstić information content (AvgIpc) is 3.08. The maximum absolute atomic E-state index is 12.5. The van der Waals surface area contributed by atoms with E-state index in [1.54, 1.807) is 24.3 Å². The van der Waals surface area contributed by atoms with E-state index in [4.69, 9.17) is 11.6 Å². The Kier molecular flexibility index (Phi) is 7.08. The second kappa shape index (κ2) is 8.84. The molecule has 1 amide bonds. The molecule has 0 aromatic heterocycles. The van der Waals surface area contributed by atoms with Crippen LogP contribution in [0.1, 0.15) is 42.5 Å². The third-order valence-electron chi connectivity index (χ3n) is 4.93. The van der Waals surface area contributed by atoms with Gasteiger partial charge in [-0.25, -0.2) is 0 Å². The lowest BCUT2D eigenvalue weighted by atomic mass is 9.88. The van der Waals surface area contributed by atoms with E-state index in [-0.39, 0.29) is 30.0 Å². The molecular formula is C18H24Cl2N2O2. The van der Waals surface area contributed by atoms with Crippen LogP contribution in [0.25, 0.3) is 0 Å². The number of ketones is 1. The number of hydrogen-bond donors (Lipinski definition) is 1. The van der Waals surface area contributed by atoms with Crippen LogP contribution in [-0.4, -0.2) is 42.3 Å². The summed E-state index contributed by atoms with van der Waals surface area (Å²) in [6.07, 6.45) is 4.36. The molecule has 3 rings (SSSR count). The van der Waals surface area contributed by atoms with Crippen LogP contribution in [0, 0.1) is 5.92 Å². The van der Waals surface area contributed by atoms with Gasteiger partial charge in [0.25, 0.3) is 0 Å². The molecule has 0 bridgehead atoms. The molecule has 1 atom stereocenters. The standard InChI is InChI=1S/C18H23ClN2O2.ClH/c19-15-5-3-13(4-6-15)18(23)14-7-10-21(11-8-14)17(22)12-16-2-1-9-20-16;/h3-6,14,16,20H,1-2,7-12H2;1H. The molecule has 0 aliphatic carbocycles. The molecular weight excluding hydrogens is 347 g/mol. The monoisotopic (exact) mass is 370 g/mol. The van der Waals surface area contributed by atoms with Crippen molar-refractivity contribution < 1.29 is 9.59 Å². The Labute approximate surface area is 154 Å². The quantitative estimate of drug-likeness (QED) is 0.826. The summed E-state index contributed by atoms with van der Waals surface area (Å²) in [5, 5.41) is 4.01. The predicted molar refractivity (Wildman–Crippen MR) is 98.0 cm³/mol. The normalized spacial score (nSPS) is 21.4. The van der Waals surface area contributed by atoms with Gasteiger partial charge >= 0.3 is 0 Å². The molecule has 1 aromatic rings. The van der Waals surface area contributed by atoms with Crippen molar-refractivity contribution >= 4 is 35.7 Å². The molecule has 1 unspecified atom stereocenters. The number of Topliss-reactive ketones (excluding diaryl/α,β-unsaturated/α-hetero) is 1. The van der Waals surface area contributed by atoms with E-state index in [0.29, 0.717) is 36.1 Å². The van der Waals surface area contributed by atoms with Crippen LogP contribution < -0.4 is 5.32 Å². The highest BCUT2D eigenvalue weighted by Gasteiger charge is 2.29. The Morgan fingerprint density at radius 3 is 2.38 bits per heavy atom. The summed E-state index contributed by atoms with van der Waals surface area (Å²) < 4.78 is 0. The molecule has 0 spiro atoms. The summed E-state index contributed by atoms with van der Waals surface area (Å²) in [5.74, 6) is 0.415. The molecule has 24 heavy (non-hydrogen) atoms. The maximum atomic E-state index is 12.5. The Balaban J connectivity index is 0.00000208. The Morgan fingerprint density at radius 1 is 1.12 bits per heavy atom. The molecule has 6 heteroatoms. The molecule has 1 aromatic carbocycles. The zero-order valence-corrected chi connectivity index (χ0v) is 15.2.